The average Bonchev–Trinajstić information content (AvgIpc) is 3.17. The van der Waals surface area contributed by atoms with Crippen LogP contribution in [-0.2, 0) is 11.3 Å². The molecule has 0 unspecified atom stereocenters. The van der Waals surface area contributed by atoms with Crippen LogP contribution in [0.5, 0.6) is 0 Å². The lowest BCUT2D eigenvalue weighted by Gasteiger charge is -2.28. The lowest BCUT2D eigenvalue weighted by Crippen LogP contribution is -2.45. The summed E-state index contributed by atoms with van der Waals surface area (Å²) in [4.78, 5) is 20.0. The fourth-order valence-corrected chi connectivity index (χ4v) is 3.97. The van der Waals surface area contributed by atoms with Gasteiger partial charge in [0.1, 0.15) is 0 Å². The second-order valence-electron chi connectivity index (χ2n) is 8.21. The molecule has 2 aromatic rings. The Morgan fingerprint density at radius 2 is 2.07 bits per heavy atom. The van der Waals surface area contributed by atoms with Crippen LogP contribution in [-0.4, -0.2) is 66.3 Å². The Balaban J connectivity index is 1.79. The zero-order valence-corrected chi connectivity index (χ0v) is 18.7. The Labute approximate surface area is 178 Å². The number of aromatic amines is 1. The van der Waals surface area contributed by atoms with Crippen LogP contribution in [0.25, 0.3) is 10.9 Å². The number of likely N-dealkylation sites (N-methyl/N-ethyl adjacent to an activating group) is 1. The summed E-state index contributed by atoms with van der Waals surface area (Å²) >= 11 is 5.67. The smallest absolute Gasteiger partial charge is 0.253 e. The van der Waals surface area contributed by atoms with E-state index in [1.165, 1.54) is 0 Å². The van der Waals surface area contributed by atoms with Gasteiger partial charge in [-0.3, -0.25) is 4.79 Å². The Bertz CT molecular complexity index is 919. The van der Waals surface area contributed by atoms with Crippen LogP contribution in [0.15, 0.2) is 23.0 Å². The second-order valence-corrected chi connectivity index (χ2v) is 8.60. The van der Waals surface area contributed by atoms with E-state index in [9.17, 15) is 4.79 Å². The molecular formula is C22H32N4O2S. The van der Waals surface area contributed by atoms with Gasteiger partial charge in [0.05, 0.1) is 12.6 Å². The van der Waals surface area contributed by atoms with Gasteiger partial charge >= 0.3 is 0 Å². The first-order chi connectivity index (χ1) is 13.8. The number of thiocarbonyl (C=S) groups is 1. The number of rotatable bonds is 7. The molecular weight excluding hydrogens is 384 g/mol. The number of fused-ring (bicyclic) bond motifs is 1. The summed E-state index contributed by atoms with van der Waals surface area (Å²) < 4.78 is 5.69. The summed E-state index contributed by atoms with van der Waals surface area (Å²) in [5.41, 5.74) is 3.86. The minimum atomic E-state index is -0.0562. The Kier molecular flexibility index (Phi) is 7.27. The van der Waals surface area contributed by atoms with Gasteiger partial charge in [-0.15, -0.1) is 0 Å². The average molecular weight is 417 g/mol. The molecule has 1 fully saturated rings. The van der Waals surface area contributed by atoms with Crippen LogP contribution >= 0.6 is 12.2 Å². The molecule has 0 spiro atoms. The molecule has 1 saturated heterocycles. The molecule has 1 aliphatic heterocycles. The van der Waals surface area contributed by atoms with Crippen molar-refractivity contribution >= 4 is 28.2 Å². The normalized spacial score (nSPS) is 16.5. The van der Waals surface area contributed by atoms with Crippen molar-refractivity contribution in [2.75, 3.05) is 40.3 Å². The second kappa shape index (κ2) is 9.69. The number of H-pyrrole nitrogens is 1. The highest BCUT2D eigenvalue weighted by molar-refractivity contribution is 7.80. The molecule has 7 heteroatoms. The molecule has 0 saturated carbocycles. The highest BCUT2D eigenvalue weighted by Crippen LogP contribution is 2.19. The van der Waals surface area contributed by atoms with Crippen molar-refractivity contribution in [1.29, 1.82) is 0 Å². The third-order valence-electron chi connectivity index (χ3n) is 5.36. The van der Waals surface area contributed by atoms with Crippen LogP contribution < -0.4 is 10.9 Å². The molecule has 1 atom stereocenters. The largest absolute Gasteiger partial charge is 0.376 e. The maximum absolute atomic E-state index is 12.7. The molecule has 29 heavy (non-hydrogen) atoms. The fourth-order valence-electron chi connectivity index (χ4n) is 3.73. The summed E-state index contributed by atoms with van der Waals surface area (Å²) in [5.74, 6) is 0. The quantitative estimate of drug-likeness (QED) is 0.677. The molecule has 6 nitrogen and oxygen atoms in total. The number of benzene rings is 1. The first kappa shape index (κ1) is 21.7. The number of nitrogens with one attached hydrogen (secondary N) is 2. The van der Waals surface area contributed by atoms with Gasteiger partial charge in [-0.1, -0.05) is 6.07 Å². The van der Waals surface area contributed by atoms with Crippen molar-refractivity contribution in [3.63, 3.8) is 0 Å². The van der Waals surface area contributed by atoms with E-state index in [2.05, 4.69) is 33.1 Å². The summed E-state index contributed by atoms with van der Waals surface area (Å²) in [6.07, 6.45) is 2.39. The van der Waals surface area contributed by atoms with Crippen molar-refractivity contribution in [3.05, 3.63) is 45.2 Å². The van der Waals surface area contributed by atoms with Crippen molar-refractivity contribution in [3.8, 4) is 0 Å². The highest BCUT2D eigenvalue weighted by Gasteiger charge is 2.18. The monoisotopic (exact) mass is 416 g/mol. The number of ether oxygens (including phenoxy) is 1. The lowest BCUT2D eigenvalue weighted by atomic mass is 10.0. The van der Waals surface area contributed by atoms with Crippen LogP contribution in [0.4, 0.5) is 0 Å². The molecule has 0 bridgehead atoms. The lowest BCUT2D eigenvalue weighted by molar-refractivity contribution is 0.113. The van der Waals surface area contributed by atoms with Crippen LogP contribution in [0.1, 0.15) is 29.5 Å². The van der Waals surface area contributed by atoms with Crippen LogP contribution in [0, 0.1) is 13.8 Å². The van der Waals surface area contributed by atoms with Crippen LogP contribution in [0.3, 0.4) is 0 Å². The van der Waals surface area contributed by atoms with Gasteiger partial charge in [-0.2, -0.15) is 0 Å². The first-order valence-electron chi connectivity index (χ1n) is 10.3. The molecule has 2 N–H and O–H groups in total. The number of hydrogen-bond donors (Lipinski definition) is 2. The van der Waals surface area contributed by atoms with Crippen molar-refractivity contribution in [2.24, 2.45) is 0 Å². The predicted molar refractivity (Wildman–Crippen MR) is 123 cm³/mol. The van der Waals surface area contributed by atoms with Gasteiger partial charge in [-0.25, -0.2) is 0 Å². The van der Waals surface area contributed by atoms with Gasteiger partial charge in [0.2, 0.25) is 0 Å². The van der Waals surface area contributed by atoms with E-state index in [0.29, 0.717) is 18.2 Å². The number of aromatic nitrogens is 1. The third kappa shape index (κ3) is 5.78. The summed E-state index contributed by atoms with van der Waals surface area (Å²) in [7, 11) is 4.07. The number of nitrogens with zero attached hydrogens (tertiary/aromatic N) is 2. The standard InChI is InChI=1S/C22H32N4O2S/c1-15-10-16(2)19-12-17(21(27)24-20(19)11-15)14-26(8-7-25(3)4)22(29)23-13-18-6-5-9-28-18/h10-12,18H,5-9,13-14H2,1-4H3,(H,23,29)(H,24,27)/t18-/m1/s1. The molecule has 1 aliphatic rings. The Morgan fingerprint density at radius 3 is 2.76 bits per heavy atom. The van der Waals surface area contributed by atoms with Crippen LogP contribution in [0.2, 0.25) is 0 Å². The summed E-state index contributed by atoms with van der Waals surface area (Å²) in [6.45, 7) is 7.73. The van der Waals surface area contributed by atoms with E-state index >= 15 is 0 Å². The SMILES string of the molecule is Cc1cc(C)c2cc(CN(CCN(C)C)C(=S)NC[C@H]3CCCO3)c(=O)[nH]c2c1. The Hall–Kier alpha value is -1.96. The number of pyridine rings is 1. The van der Waals surface area contributed by atoms with Gasteiger partial charge < -0.3 is 24.8 Å². The topological polar surface area (TPSA) is 60.6 Å². The van der Waals surface area contributed by atoms with E-state index in [-0.39, 0.29) is 11.7 Å². The summed E-state index contributed by atoms with van der Waals surface area (Å²) in [6, 6.07) is 6.17. The highest BCUT2D eigenvalue weighted by atomic mass is 32.1. The van der Waals surface area contributed by atoms with Crippen molar-refractivity contribution in [1.82, 2.24) is 20.1 Å². The van der Waals surface area contributed by atoms with Gasteiger partial charge in [0.15, 0.2) is 5.11 Å². The maximum Gasteiger partial charge on any atom is 0.253 e. The number of hydrogen-bond acceptors (Lipinski definition) is 4. The Morgan fingerprint density at radius 1 is 1.28 bits per heavy atom. The van der Waals surface area contributed by atoms with E-state index < -0.39 is 0 Å². The van der Waals surface area contributed by atoms with E-state index in [4.69, 9.17) is 17.0 Å². The molecule has 0 aliphatic carbocycles. The van der Waals surface area contributed by atoms with E-state index in [1.54, 1.807) is 0 Å². The molecule has 0 radical (unpaired) electrons. The summed E-state index contributed by atoms with van der Waals surface area (Å²) in [5, 5.41) is 5.09. The predicted octanol–water partition coefficient (Wildman–Crippen LogP) is 2.56. The van der Waals surface area contributed by atoms with Crippen molar-refractivity contribution < 1.29 is 4.74 Å². The van der Waals surface area contributed by atoms with Gasteiger partial charge in [0.25, 0.3) is 5.56 Å². The van der Waals surface area contributed by atoms with E-state index in [1.807, 2.05) is 33.2 Å². The molecule has 1 aromatic carbocycles. The zero-order chi connectivity index (χ0) is 21.0. The van der Waals surface area contributed by atoms with Gasteiger partial charge in [-0.05, 0) is 76.3 Å². The van der Waals surface area contributed by atoms with Crippen molar-refractivity contribution in [2.45, 2.75) is 39.3 Å². The minimum Gasteiger partial charge on any atom is -0.376 e. The maximum atomic E-state index is 12.7. The molecule has 158 valence electrons. The first-order valence-corrected chi connectivity index (χ1v) is 10.7. The molecule has 2 heterocycles. The van der Waals surface area contributed by atoms with Gasteiger partial charge in [0, 0.05) is 42.7 Å². The zero-order valence-electron chi connectivity index (χ0n) is 17.9. The fraction of sp³-hybridized carbons (Fsp3) is 0.545. The molecule has 1 aromatic heterocycles. The molecule has 0 amide bonds. The third-order valence-corrected chi connectivity index (χ3v) is 5.76. The van der Waals surface area contributed by atoms with E-state index in [0.717, 1.165) is 60.1 Å². The minimum absolute atomic E-state index is 0.0562. The molecule has 3 rings (SSSR count). The number of aryl methyl sites for hydroxylation is 2.